The van der Waals surface area contributed by atoms with Crippen molar-refractivity contribution in [3.05, 3.63) is 100 Å². The smallest absolute Gasteiger partial charge is 0.292 e. The topological polar surface area (TPSA) is 115 Å². The number of benzene rings is 3. The summed E-state index contributed by atoms with van der Waals surface area (Å²) in [5, 5.41) is 26.6. The predicted octanol–water partition coefficient (Wildman–Crippen LogP) is 5.22. The van der Waals surface area contributed by atoms with E-state index in [-0.39, 0.29) is 23.7 Å². The number of anilines is 2. The van der Waals surface area contributed by atoms with E-state index in [0.717, 1.165) is 22.8 Å². The number of amides is 1. The number of aryl methyl sites for hydroxylation is 1. The van der Waals surface area contributed by atoms with Gasteiger partial charge < -0.3 is 10.6 Å². The lowest BCUT2D eigenvalue weighted by Gasteiger charge is -2.12. The fourth-order valence-electron chi connectivity index (χ4n) is 3.48. The third kappa shape index (κ3) is 6.04. The Morgan fingerprint density at radius 1 is 0.971 bits per heavy atom. The number of para-hydroxylation sites is 4. The first kappa shape index (κ1) is 24.0. The molecule has 0 unspecified atom stereocenters. The van der Waals surface area contributed by atoms with Crippen molar-refractivity contribution in [2.45, 2.75) is 25.0 Å². The molecule has 0 aliphatic rings. The van der Waals surface area contributed by atoms with Gasteiger partial charge >= 0.3 is 0 Å². The number of rotatable bonds is 10. The van der Waals surface area contributed by atoms with E-state index < -0.39 is 4.92 Å². The zero-order valence-corrected chi connectivity index (χ0v) is 19.9. The van der Waals surface area contributed by atoms with Gasteiger partial charge in [0, 0.05) is 29.6 Å². The summed E-state index contributed by atoms with van der Waals surface area (Å²) >= 11 is 1.40. The fraction of sp³-hybridized carbons (Fsp3) is 0.160. The molecule has 178 valence electrons. The third-order valence-corrected chi connectivity index (χ3v) is 6.16. The summed E-state index contributed by atoms with van der Waals surface area (Å²) < 4.78 is 1.97. The van der Waals surface area contributed by atoms with Crippen LogP contribution in [0.3, 0.4) is 0 Å². The van der Waals surface area contributed by atoms with E-state index in [1.807, 2.05) is 66.1 Å². The lowest BCUT2D eigenvalue weighted by atomic mass is 10.2. The summed E-state index contributed by atoms with van der Waals surface area (Å²) in [6, 6.07) is 23.9. The van der Waals surface area contributed by atoms with E-state index in [1.165, 1.54) is 23.9 Å². The van der Waals surface area contributed by atoms with E-state index in [0.29, 0.717) is 17.5 Å². The van der Waals surface area contributed by atoms with Crippen LogP contribution in [0.1, 0.15) is 17.8 Å². The Morgan fingerprint density at radius 2 is 1.66 bits per heavy atom. The minimum absolute atomic E-state index is 0.136. The molecule has 10 heteroatoms. The Balaban J connectivity index is 1.44. The van der Waals surface area contributed by atoms with Crippen molar-refractivity contribution in [2.24, 2.45) is 0 Å². The average Bonchev–Trinajstić information content (AvgIpc) is 3.27. The van der Waals surface area contributed by atoms with Crippen molar-refractivity contribution < 1.29 is 9.72 Å². The lowest BCUT2D eigenvalue weighted by Crippen LogP contribution is -2.13. The van der Waals surface area contributed by atoms with Crippen LogP contribution in [0, 0.1) is 17.0 Å². The number of aromatic nitrogens is 3. The normalized spacial score (nSPS) is 10.7. The molecule has 4 aromatic rings. The molecule has 35 heavy (non-hydrogen) atoms. The largest absolute Gasteiger partial charge is 0.378 e. The number of hydrogen-bond donors (Lipinski definition) is 2. The van der Waals surface area contributed by atoms with Crippen molar-refractivity contribution in [3.63, 3.8) is 0 Å². The Bertz CT molecular complexity index is 1330. The monoisotopic (exact) mass is 488 g/mol. The van der Waals surface area contributed by atoms with Gasteiger partial charge in [0.05, 0.1) is 11.5 Å². The first-order valence-corrected chi connectivity index (χ1v) is 12.0. The zero-order valence-electron chi connectivity index (χ0n) is 19.0. The standard InChI is InChI=1S/C25H24N6O3S/c1-18-9-5-6-12-20(18)26-17-23-28-29-25(30(23)19-10-3-2-4-11-19)35-16-15-24(32)27-21-13-7-8-14-22(21)31(33)34/h2-14,26H,15-17H2,1H3,(H,27,32). The second-order valence-electron chi connectivity index (χ2n) is 7.66. The predicted molar refractivity (Wildman–Crippen MR) is 137 cm³/mol. The van der Waals surface area contributed by atoms with Gasteiger partial charge in [-0.1, -0.05) is 60.3 Å². The first-order chi connectivity index (χ1) is 17.0. The quantitative estimate of drug-likeness (QED) is 0.179. The van der Waals surface area contributed by atoms with Gasteiger partial charge in [-0.15, -0.1) is 10.2 Å². The summed E-state index contributed by atoms with van der Waals surface area (Å²) in [4.78, 5) is 23.1. The fourth-order valence-corrected chi connectivity index (χ4v) is 4.38. The zero-order chi connectivity index (χ0) is 24.6. The summed E-state index contributed by atoms with van der Waals surface area (Å²) in [7, 11) is 0. The van der Waals surface area contributed by atoms with Gasteiger partial charge in [-0.25, -0.2) is 0 Å². The van der Waals surface area contributed by atoms with Crippen LogP contribution in [0.15, 0.2) is 84.0 Å². The summed E-state index contributed by atoms with van der Waals surface area (Å²) in [6.45, 7) is 2.52. The first-order valence-electron chi connectivity index (χ1n) is 11.0. The molecule has 0 aliphatic heterocycles. The van der Waals surface area contributed by atoms with Crippen molar-refractivity contribution in [1.82, 2.24) is 14.8 Å². The van der Waals surface area contributed by atoms with Crippen LogP contribution < -0.4 is 10.6 Å². The maximum Gasteiger partial charge on any atom is 0.292 e. The van der Waals surface area contributed by atoms with E-state index in [4.69, 9.17) is 0 Å². The highest BCUT2D eigenvalue weighted by Crippen LogP contribution is 2.26. The number of hydrogen-bond acceptors (Lipinski definition) is 7. The molecule has 0 aliphatic carbocycles. The molecule has 0 atom stereocenters. The Labute approximate surface area is 206 Å². The van der Waals surface area contributed by atoms with Gasteiger partial charge in [0.2, 0.25) is 5.91 Å². The molecule has 0 fully saturated rings. The molecular weight excluding hydrogens is 464 g/mol. The minimum Gasteiger partial charge on any atom is -0.378 e. The second kappa shape index (κ2) is 11.3. The molecule has 0 spiro atoms. The van der Waals surface area contributed by atoms with E-state index in [2.05, 4.69) is 20.8 Å². The highest BCUT2D eigenvalue weighted by molar-refractivity contribution is 7.99. The molecule has 1 amide bonds. The van der Waals surface area contributed by atoms with Crippen LogP contribution >= 0.6 is 11.8 Å². The van der Waals surface area contributed by atoms with Gasteiger partial charge in [-0.2, -0.15) is 0 Å². The second-order valence-corrected chi connectivity index (χ2v) is 8.72. The molecule has 1 heterocycles. The Kier molecular flexibility index (Phi) is 7.74. The average molecular weight is 489 g/mol. The molecule has 9 nitrogen and oxygen atoms in total. The molecule has 4 rings (SSSR count). The Hall–Kier alpha value is -4.18. The van der Waals surface area contributed by atoms with Gasteiger partial charge in [0.1, 0.15) is 5.69 Å². The third-order valence-electron chi connectivity index (χ3n) is 5.23. The van der Waals surface area contributed by atoms with Crippen molar-refractivity contribution in [2.75, 3.05) is 16.4 Å². The van der Waals surface area contributed by atoms with Crippen molar-refractivity contribution in [1.29, 1.82) is 0 Å². The summed E-state index contributed by atoms with van der Waals surface area (Å²) in [5.74, 6) is 0.869. The van der Waals surface area contributed by atoms with E-state index in [9.17, 15) is 14.9 Å². The van der Waals surface area contributed by atoms with Gasteiger partial charge in [-0.05, 0) is 36.8 Å². The summed E-state index contributed by atoms with van der Waals surface area (Å²) in [6.07, 6.45) is 0.162. The molecule has 0 saturated heterocycles. The van der Waals surface area contributed by atoms with Gasteiger partial charge in [0.25, 0.3) is 5.69 Å². The highest BCUT2D eigenvalue weighted by atomic mass is 32.2. The van der Waals surface area contributed by atoms with Gasteiger partial charge in [-0.3, -0.25) is 19.5 Å². The van der Waals surface area contributed by atoms with Crippen LogP contribution in [0.25, 0.3) is 5.69 Å². The van der Waals surface area contributed by atoms with E-state index in [1.54, 1.807) is 12.1 Å². The molecule has 0 bridgehead atoms. The number of nitro groups is 1. The van der Waals surface area contributed by atoms with Crippen LogP contribution in [0.5, 0.6) is 0 Å². The number of nitrogens with zero attached hydrogens (tertiary/aromatic N) is 4. The maximum absolute atomic E-state index is 12.4. The molecule has 2 N–H and O–H groups in total. The number of nitrogens with one attached hydrogen (secondary N) is 2. The minimum atomic E-state index is -0.515. The lowest BCUT2D eigenvalue weighted by molar-refractivity contribution is -0.383. The molecule has 0 radical (unpaired) electrons. The molecule has 0 saturated carbocycles. The SMILES string of the molecule is Cc1ccccc1NCc1nnc(SCCC(=O)Nc2ccccc2[N+](=O)[O-])n1-c1ccccc1. The number of nitro benzene ring substituents is 1. The number of carbonyl (C=O) groups is 1. The highest BCUT2D eigenvalue weighted by Gasteiger charge is 2.17. The molecule has 1 aromatic heterocycles. The van der Waals surface area contributed by atoms with Crippen LogP contribution in [0.4, 0.5) is 17.1 Å². The van der Waals surface area contributed by atoms with Crippen molar-refractivity contribution >= 4 is 34.7 Å². The summed E-state index contributed by atoms with van der Waals surface area (Å²) in [5.41, 5.74) is 3.13. The van der Waals surface area contributed by atoms with Crippen molar-refractivity contribution in [3.8, 4) is 5.69 Å². The molecule has 3 aromatic carbocycles. The van der Waals surface area contributed by atoms with E-state index >= 15 is 0 Å². The number of thioether (sulfide) groups is 1. The van der Waals surface area contributed by atoms with Crippen LogP contribution in [0.2, 0.25) is 0 Å². The van der Waals surface area contributed by atoms with Gasteiger partial charge in [0.15, 0.2) is 11.0 Å². The Morgan fingerprint density at radius 3 is 2.40 bits per heavy atom. The number of carbonyl (C=O) groups excluding carboxylic acids is 1. The van der Waals surface area contributed by atoms with Crippen LogP contribution in [-0.4, -0.2) is 31.3 Å². The molecular formula is C25H24N6O3S. The maximum atomic E-state index is 12.4. The van der Waals surface area contributed by atoms with Crippen LogP contribution in [-0.2, 0) is 11.3 Å².